The number of rotatable bonds is 6. The lowest BCUT2D eigenvalue weighted by molar-refractivity contribution is 0.0419. The number of nitrogens with one attached hydrogen (secondary N) is 1. The fourth-order valence-corrected chi connectivity index (χ4v) is 5.31. The largest absolute Gasteiger partial charge is 0.313 e. The van der Waals surface area contributed by atoms with Crippen LogP contribution in [0, 0.1) is 23.2 Å². The van der Waals surface area contributed by atoms with E-state index in [4.69, 9.17) is 0 Å². The first-order valence-electron chi connectivity index (χ1n) is 9.83. The summed E-state index contributed by atoms with van der Waals surface area (Å²) in [6, 6.07) is 0.783. The van der Waals surface area contributed by atoms with E-state index in [0.717, 1.165) is 23.8 Å². The average molecular weight is 294 g/mol. The lowest BCUT2D eigenvalue weighted by atomic mass is 9.60. The van der Waals surface area contributed by atoms with Gasteiger partial charge in [-0.25, -0.2) is 0 Å². The lowest BCUT2D eigenvalue weighted by Crippen LogP contribution is -2.51. The first kappa shape index (κ1) is 17.3. The molecule has 4 unspecified atom stereocenters. The number of hydrogen-bond donors (Lipinski definition) is 1. The predicted molar refractivity (Wildman–Crippen MR) is 93.6 cm³/mol. The van der Waals surface area contributed by atoms with Crippen LogP contribution in [0.5, 0.6) is 0 Å². The summed E-state index contributed by atoms with van der Waals surface area (Å²) < 4.78 is 0. The molecule has 2 rings (SSSR count). The second-order valence-electron chi connectivity index (χ2n) is 8.44. The number of hydrogen-bond acceptors (Lipinski definition) is 1. The molecule has 2 aliphatic carbocycles. The van der Waals surface area contributed by atoms with Crippen molar-refractivity contribution in [3.63, 3.8) is 0 Å². The highest BCUT2D eigenvalue weighted by molar-refractivity contribution is 4.96. The van der Waals surface area contributed by atoms with E-state index in [0.29, 0.717) is 5.41 Å². The molecule has 2 aliphatic rings. The summed E-state index contributed by atoms with van der Waals surface area (Å²) in [5.74, 6) is 2.82. The molecule has 0 aromatic rings. The van der Waals surface area contributed by atoms with Crippen molar-refractivity contribution in [1.29, 1.82) is 0 Å². The summed E-state index contributed by atoms with van der Waals surface area (Å²) in [4.78, 5) is 0. The van der Waals surface area contributed by atoms with Crippen molar-refractivity contribution in [2.45, 2.75) is 97.9 Å². The van der Waals surface area contributed by atoms with Gasteiger partial charge in [-0.3, -0.25) is 0 Å². The van der Waals surface area contributed by atoms with Crippen LogP contribution in [0.1, 0.15) is 91.9 Å². The maximum absolute atomic E-state index is 4.03. The normalized spacial score (nSPS) is 34.6. The van der Waals surface area contributed by atoms with Crippen LogP contribution in [-0.2, 0) is 0 Å². The Hall–Kier alpha value is -0.0400. The fourth-order valence-electron chi connectivity index (χ4n) is 5.31. The van der Waals surface area contributed by atoms with Crippen molar-refractivity contribution in [3.8, 4) is 0 Å². The minimum absolute atomic E-state index is 0.541. The van der Waals surface area contributed by atoms with Crippen LogP contribution in [0.3, 0.4) is 0 Å². The molecule has 0 saturated heterocycles. The topological polar surface area (TPSA) is 12.0 Å². The van der Waals surface area contributed by atoms with Crippen molar-refractivity contribution in [2.75, 3.05) is 6.54 Å². The summed E-state index contributed by atoms with van der Waals surface area (Å²) in [5.41, 5.74) is 0.541. The Bertz CT molecular complexity index is 296. The van der Waals surface area contributed by atoms with Gasteiger partial charge in [0.05, 0.1) is 0 Å². The summed E-state index contributed by atoms with van der Waals surface area (Å²) in [6.07, 6.45) is 14.4. The quantitative estimate of drug-likeness (QED) is 0.654. The molecular weight excluding hydrogens is 254 g/mol. The average Bonchev–Trinajstić information content (AvgIpc) is 2.49. The van der Waals surface area contributed by atoms with E-state index >= 15 is 0 Å². The van der Waals surface area contributed by atoms with Gasteiger partial charge in [0.2, 0.25) is 0 Å². The third-order valence-corrected chi connectivity index (χ3v) is 6.61. The molecule has 0 aromatic heterocycles. The standard InChI is InChI=1S/C20H39N/c1-5-15-21-19(17-12-8-7-11-16(17)6-2)18-13-9-10-14-20(18,3)4/h16-19,21H,5-15H2,1-4H3. The molecule has 0 aliphatic heterocycles. The van der Waals surface area contributed by atoms with E-state index in [1.54, 1.807) is 0 Å². The Labute approximate surface area is 133 Å². The van der Waals surface area contributed by atoms with Gasteiger partial charge >= 0.3 is 0 Å². The Morgan fingerprint density at radius 1 is 1.00 bits per heavy atom. The summed E-state index contributed by atoms with van der Waals surface area (Å²) in [5, 5.41) is 4.03. The molecular formula is C20H39N. The second kappa shape index (κ2) is 7.99. The zero-order chi connectivity index (χ0) is 15.3. The van der Waals surface area contributed by atoms with Gasteiger partial charge in [-0.05, 0) is 55.4 Å². The van der Waals surface area contributed by atoms with Crippen molar-refractivity contribution in [2.24, 2.45) is 23.2 Å². The maximum atomic E-state index is 4.03. The Morgan fingerprint density at radius 2 is 1.71 bits per heavy atom. The van der Waals surface area contributed by atoms with Crippen molar-refractivity contribution >= 4 is 0 Å². The highest BCUT2D eigenvalue weighted by atomic mass is 14.9. The van der Waals surface area contributed by atoms with Gasteiger partial charge in [0.25, 0.3) is 0 Å². The monoisotopic (exact) mass is 293 g/mol. The predicted octanol–water partition coefficient (Wildman–Crippen LogP) is 5.79. The molecule has 2 saturated carbocycles. The van der Waals surface area contributed by atoms with Crippen LogP contribution in [0.25, 0.3) is 0 Å². The first-order valence-corrected chi connectivity index (χ1v) is 9.83. The smallest absolute Gasteiger partial charge is 0.0131 e. The Kier molecular flexibility index (Phi) is 6.59. The molecule has 0 spiro atoms. The molecule has 1 heteroatoms. The summed E-state index contributed by atoms with van der Waals surface area (Å²) >= 11 is 0. The van der Waals surface area contributed by atoms with Gasteiger partial charge < -0.3 is 5.32 Å². The van der Waals surface area contributed by atoms with Gasteiger partial charge in [0.1, 0.15) is 0 Å². The Balaban J connectivity index is 2.15. The van der Waals surface area contributed by atoms with E-state index in [9.17, 15) is 0 Å². The van der Waals surface area contributed by atoms with E-state index in [2.05, 4.69) is 33.0 Å². The van der Waals surface area contributed by atoms with Crippen molar-refractivity contribution in [3.05, 3.63) is 0 Å². The van der Waals surface area contributed by atoms with E-state index in [1.165, 1.54) is 70.8 Å². The van der Waals surface area contributed by atoms with Crippen LogP contribution < -0.4 is 5.32 Å². The SMILES string of the molecule is CCCNC(C1CCCCC1CC)C1CCCCC1(C)C. The van der Waals surface area contributed by atoms with Gasteiger partial charge in [0, 0.05) is 6.04 Å². The Morgan fingerprint density at radius 3 is 2.38 bits per heavy atom. The molecule has 2 fully saturated rings. The van der Waals surface area contributed by atoms with Crippen molar-refractivity contribution in [1.82, 2.24) is 5.32 Å². The summed E-state index contributed by atoms with van der Waals surface area (Å²) in [7, 11) is 0. The lowest BCUT2D eigenvalue weighted by Gasteiger charge is -2.49. The van der Waals surface area contributed by atoms with Crippen LogP contribution >= 0.6 is 0 Å². The third-order valence-electron chi connectivity index (χ3n) is 6.61. The fraction of sp³-hybridized carbons (Fsp3) is 1.00. The van der Waals surface area contributed by atoms with Gasteiger partial charge in [-0.15, -0.1) is 0 Å². The molecule has 1 N–H and O–H groups in total. The first-order chi connectivity index (χ1) is 10.1. The molecule has 4 atom stereocenters. The van der Waals surface area contributed by atoms with Crippen LogP contribution in [0.2, 0.25) is 0 Å². The highest BCUT2D eigenvalue weighted by Gasteiger charge is 2.42. The van der Waals surface area contributed by atoms with Gasteiger partial charge in [0.15, 0.2) is 0 Å². The van der Waals surface area contributed by atoms with Crippen LogP contribution in [0.15, 0.2) is 0 Å². The zero-order valence-corrected chi connectivity index (χ0v) is 15.1. The summed E-state index contributed by atoms with van der Waals surface area (Å²) in [6.45, 7) is 11.0. The molecule has 0 amide bonds. The minimum atomic E-state index is 0.541. The molecule has 21 heavy (non-hydrogen) atoms. The minimum Gasteiger partial charge on any atom is -0.313 e. The molecule has 124 valence electrons. The van der Waals surface area contributed by atoms with E-state index < -0.39 is 0 Å². The molecule has 0 heterocycles. The second-order valence-corrected chi connectivity index (χ2v) is 8.44. The highest BCUT2D eigenvalue weighted by Crippen LogP contribution is 2.47. The third kappa shape index (κ3) is 4.24. The van der Waals surface area contributed by atoms with Crippen LogP contribution in [0.4, 0.5) is 0 Å². The molecule has 1 nitrogen and oxygen atoms in total. The molecule has 0 bridgehead atoms. The zero-order valence-electron chi connectivity index (χ0n) is 15.1. The maximum Gasteiger partial charge on any atom is 0.0131 e. The molecule has 0 radical (unpaired) electrons. The van der Waals surface area contributed by atoms with Gasteiger partial charge in [-0.1, -0.05) is 66.2 Å². The molecule has 0 aromatic carbocycles. The van der Waals surface area contributed by atoms with Crippen molar-refractivity contribution < 1.29 is 0 Å². The van der Waals surface area contributed by atoms with Gasteiger partial charge in [-0.2, -0.15) is 0 Å². The van der Waals surface area contributed by atoms with Crippen LogP contribution in [-0.4, -0.2) is 12.6 Å². The van der Waals surface area contributed by atoms with E-state index in [1.807, 2.05) is 0 Å². The van der Waals surface area contributed by atoms with E-state index in [-0.39, 0.29) is 0 Å².